The molecule has 1 aromatic heterocycles. The largest absolute Gasteiger partial charge is 0.352 e. The first-order chi connectivity index (χ1) is 11.5. The van der Waals surface area contributed by atoms with E-state index in [2.05, 4.69) is 34.8 Å². The van der Waals surface area contributed by atoms with Gasteiger partial charge in [0, 0.05) is 24.2 Å². The van der Waals surface area contributed by atoms with Crippen molar-refractivity contribution in [2.45, 2.75) is 46.2 Å². The van der Waals surface area contributed by atoms with E-state index in [9.17, 15) is 4.79 Å². The number of piperidine rings is 1. The van der Waals surface area contributed by atoms with Crippen molar-refractivity contribution in [2.75, 3.05) is 6.54 Å². The zero-order chi connectivity index (χ0) is 17.1. The molecule has 0 aliphatic carbocycles. The average Bonchev–Trinajstić information content (AvgIpc) is 2.91. The molecule has 1 aromatic carbocycles. The fourth-order valence-corrected chi connectivity index (χ4v) is 3.44. The zero-order valence-electron chi connectivity index (χ0n) is 15.1. The molecule has 136 valence electrons. The van der Waals surface area contributed by atoms with Crippen molar-refractivity contribution >= 4 is 18.3 Å². The predicted octanol–water partition coefficient (Wildman–Crippen LogP) is 2.92. The van der Waals surface area contributed by atoms with Crippen LogP contribution < -0.4 is 10.6 Å². The molecule has 0 bridgehead atoms. The fraction of sp³-hybridized carbons (Fsp3) is 0.474. The van der Waals surface area contributed by atoms with Gasteiger partial charge >= 0.3 is 0 Å². The summed E-state index contributed by atoms with van der Waals surface area (Å²) >= 11 is 0. The van der Waals surface area contributed by atoms with Crippen molar-refractivity contribution in [3.63, 3.8) is 0 Å². The van der Waals surface area contributed by atoms with E-state index in [1.54, 1.807) is 0 Å². The van der Waals surface area contributed by atoms with Crippen LogP contribution in [0.4, 0.5) is 0 Å². The van der Waals surface area contributed by atoms with Crippen LogP contribution >= 0.6 is 12.4 Å². The molecule has 0 spiro atoms. The maximum atomic E-state index is 12.5. The third-order valence-corrected chi connectivity index (χ3v) is 4.68. The molecule has 3 rings (SSSR count). The molecule has 25 heavy (non-hydrogen) atoms. The Balaban J connectivity index is 0.00000225. The third kappa shape index (κ3) is 4.61. The molecular weight excluding hydrogens is 336 g/mol. The number of carbonyl (C=O) groups is 1. The second kappa shape index (κ2) is 8.50. The Bertz CT molecular complexity index is 728. The number of hydrogen-bond donors (Lipinski definition) is 2. The molecule has 1 amide bonds. The van der Waals surface area contributed by atoms with Gasteiger partial charge < -0.3 is 10.6 Å². The van der Waals surface area contributed by atoms with Crippen LogP contribution in [0.25, 0.3) is 5.69 Å². The van der Waals surface area contributed by atoms with Gasteiger partial charge in [-0.25, -0.2) is 4.68 Å². The molecular formula is C19H27ClN4O. The van der Waals surface area contributed by atoms with Crippen molar-refractivity contribution in [1.29, 1.82) is 0 Å². The number of aryl methyl sites for hydroxylation is 2. The summed E-state index contributed by atoms with van der Waals surface area (Å²) in [4.78, 5) is 12.5. The highest BCUT2D eigenvalue weighted by molar-refractivity contribution is 5.85. The number of benzene rings is 1. The highest BCUT2D eigenvalue weighted by atomic mass is 35.5. The lowest BCUT2D eigenvalue weighted by atomic mass is 9.92. The number of hydrogen-bond acceptors (Lipinski definition) is 3. The van der Waals surface area contributed by atoms with E-state index in [1.807, 2.05) is 36.7 Å². The summed E-state index contributed by atoms with van der Waals surface area (Å²) in [5.41, 5.74) is 4.20. The van der Waals surface area contributed by atoms with Crippen LogP contribution in [-0.4, -0.2) is 28.3 Å². The van der Waals surface area contributed by atoms with Crippen molar-refractivity contribution in [1.82, 2.24) is 20.4 Å². The highest BCUT2D eigenvalue weighted by Crippen LogP contribution is 2.19. The molecule has 2 N–H and O–H groups in total. The first-order valence-corrected chi connectivity index (χ1v) is 8.67. The van der Waals surface area contributed by atoms with Crippen molar-refractivity contribution < 1.29 is 4.79 Å². The van der Waals surface area contributed by atoms with E-state index in [-0.39, 0.29) is 24.2 Å². The quantitative estimate of drug-likeness (QED) is 0.879. The van der Waals surface area contributed by atoms with Crippen LogP contribution in [0.3, 0.4) is 0 Å². The standard InChI is InChI=1S/C19H26N4O.ClH/c1-13-11-16(8-9-20-13)19(24)21-12-17-6-4-5-7-18(17)23-15(3)10-14(2)22-23;/h4-7,10,13,16,20H,8-9,11-12H2,1-3H3,(H,21,24);1H/t13-,16-;/m0./s1. The molecule has 1 fully saturated rings. The van der Waals surface area contributed by atoms with Crippen LogP contribution in [0.15, 0.2) is 30.3 Å². The minimum atomic E-state index is 0. The fourth-order valence-electron chi connectivity index (χ4n) is 3.44. The van der Waals surface area contributed by atoms with Crippen molar-refractivity contribution in [3.8, 4) is 5.69 Å². The summed E-state index contributed by atoms with van der Waals surface area (Å²) < 4.78 is 1.95. The lowest BCUT2D eigenvalue weighted by molar-refractivity contribution is -0.126. The summed E-state index contributed by atoms with van der Waals surface area (Å²) in [6.07, 6.45) is 1.82. The number of aromatic nitrogens is 2. The second-order valence-corrected chi connectivity index (χ2v) is 6.76. The average molecular weight is 363 g/mol. The molecule has 2 aromatic rings. The van der Waals surface area contributed by atoms with Crippen LogP contribution in [0.5, 0.6) is 0 Å². The molecule has 0 radical (unpaired) electrons. The zero-order valence-corrected chi connectivity index (χ0v) is 15.9. The van der Waals surface area contributed by atoms with Crippen molar-refractivity contribution in [3.05, 3.63) is 47.3 Å². The van der Waals surface area contributed by atoms with Gasteiger partial charge in [-0.05, 0) is 57.9 Å². The molecule has 1 saturated heterocycles. The van der Waals surface area contributed by atoms with E-state index in [4.69, 9.17) is 0 Å². The van der Waals surface area contributed by atoms with Gasteiger partial charge in [-0.2, -0.15) is 5.10 Å². The lowest BCUT2D eigenvalue weighted by Gasteiger charge is -2.27. The summed E-state index contributed by atoms with van der Waals surface area (Å²) in [7, 11) is 0. The summed E-state index contributed by atoms with van der Waals surface area (Å²) in [5.74, 6) is 0.272. The molecule has 6 heteroatoms. The maximum absolute atomic E-state index is 12.5. The SMILES string of the molecule is Cc1cc(C)n(-c2ccccc2CNC(=O)[C@H]2CCN[C@@H](C)C2)n1.Cl. The normalized spacial score (nSPS) is 20.0. The molecule has 2 heterocycles. The number of nitrogens with one attached hydrogen (secondary N) is 2. The van der Waals surface area contributed by atoms with Crippen LogP contribution in [0, 0.1) is 19.8 Å². The Kier molecular flexibility index (Phi) is 6.62. The molecule has 5 nitrogen and oxygen atoms in total. The van der Waals surface area contributed by atoms with Crippen molar-refractivity contribution in [2.24, 2.45) is 5.92 Å². The number of carbonyl (C=O) groups excluding carboxylic acids is 1. The van der Waals surface area contributed by atoms with E-state index >= 15 is 0 Å². The van der Waals surface area contributed by atoms with E-state index in [1.165, 1.54) is 0 Å². The van der Waals surface area contributed by atoms with Crippen LogP contribution in [-0.2, 0) is 11.3 Å². The van der Waals surface area contributed by atoms with Crippen LogP contribution in [0.2, 0.25) is 0 Å². The lowest BCUT2D eigenvalue weighted by Crippen LogP contribution is -2.42. The Morgan fingerprint density at radius 3 is 2.80 bits per heavy atom. The minimum absolute atomic E-state index is 0. The first kappa shape index (κ1) is 19.5. The number of amides is 1. The predicted molar refractivity (Wildman–Crippen MR) is 102 cm³/mol. The van der Waals surface area contributed by atoms with Gasteiger partial charge in [-0.15, -0.1) is 12.4 Å². The van der Waals surface area contributed by atoms with E-state index in [0.717, 1.165) is 42.0 Å². The van der Waals surface area contributed by atoms with Crippen LogP contribution in [0.1, 0.15) is 36.7 Å². The van der Waals surface area contributed by atoms with Gasteiger partial charge in [-0.1, -0.05) is 18.2 Å². The Labute approximate surface area is 155 Å². The number of halogens is 1. The Morgan fingerprint density at radius 1 is 1.36 bits per heavy atom. The van der Waals surface area contributed by atoms with Gasteiger partial charge in [0.05, 0.1) is 11.4 Å². The summed E-state index contributed by atoms with van der Waals surface area (Å²) in [5, 5.41) is 11.1. The first-order valence-electron chi connectivity index (χ1n) is 8.67. The van der Waals surface area contributed by atoms with Gasteiger partial charge in [-0.3, -0.25) is 4.79 Å². The van der Waals surface area contributed by atoms with Gasteiger partial charge in [0.15, 0.2) is 0 Å². The number of para-hydroxylation sites is 1. The monoisotopic (exact) mass is 362 g/mol. The minimum Gasteiger partial charge on any atom is -0.352 e. The topological polar surface area (TPSA) is 59.0 Å². The molecule has 0 saturated carbocycles. The number of rotatable bonds is 4. The Hall–Kier alpha value is -1.85. The van der Waals surface area contributed by atoms with E-state index < -0.39 is 0 Å². The summed E-state index contributed by atoms with van der Waals surface area (Å²) in [6.45, 7) is 7.63. The molecule has 1 aliphatic heterocycles. The van der Waals surface area contributed by atoms with Gasteiger partial charge in [0.1, 0.15) is 0 Å². The molecule has 1 aliphatic rings. The smallest absolute Gasteiger partial charge is 0.223 e. The highest BCUT2D eigenvalue weighted by Gasteiger charge is 2.24. The maximum Gasteiger partial charge on any atom is 0.223 e. The van der Waals surface area contributed by atoms with Gasteiger partial charge in [0.25, 0.3) is 0 Å². The molecule has 2 atom stereocenters. The second-order valence-electron chi connectivity index (χ2n) is 6.76. The Morgan fingerprint density at radius 2 is 2.12 bits per heavy atom. The summed E-state index contributed by atoms with van der Waals surface area (Å²) in [6, 6.07) is 10.6. The number of nitrogens with zero attached hydrogens (tertiary/aromatic N) is 2. The third-order valence-electron chi connectivity index (χ3n) is 4.68. The molecule has 0 unspecified atom stereocenters. The van der Waals surface area contributed by atoms with E-state index in [0.29, 0.717) is 12.6 Å². The van der Waals surface area contributed by atoms with Gasteiger partial charge in [0.2, 0.25) is 5.91 Å².